The van der Waals surface area contributed by atoms with Gasteiger partial charge in [0.05, 0.1) is 12.6 Å². The molecule has 0 amide bonds. The normalized spacial score (nSPS) is 19.3. The average molecular weight is 300 g/mol. The third-order valence-electron chi connectivity index (χ3n) is 4.13. The second kappa shape index (κ2) is 6.94. The van der Waals surface area contributed by atoms with Gasteiger partial charge in [0.2, 0.25) is 0 Å². The Bertz CT molecular complexity index is 593. The van der Waals surface area contributed by atoms with E-state index in [-0.39, 0.29) is 0 Å². The molecular weight excluding hydrogens is 276 g/mol. The molecule has 1 N–H and O–H groups in total. The Hall–Kier alpha value is -1.85. The van der Waals surface area contributed by atoms with Crippen LogP contribution in [0.1, 0.15) is 24.4 Å². The lowest BCUT2D eigenvalue weighted by Gasteiger charge is -2.35. The van der Waals surface area contributed by atoms with Crippen molar-refractivity contribution < 1.29 is 4.74 Å². The monoisotopic (exact) mass is 300 g/mol. The van der Waals surface area contributed by atoms with Gasteiger partial charge in [-0.25, -0.2) is 4.98 Å². The zero-order valence-corrected chi connectivity index (χ0v) is 13.3. The Labute approximate surface area is 131 Å². The van der Waals surface area contributed by atoms with Crippen LogP contribution < -0.4 is 10.1 Å². The number of hydrogen-bond donors (Lipinski definition) is 1. The molecule has 118 valence electrons. The predicted molar refractivity (Wildman–Crippen MR) is 86.8 cm³/mol. The van der Waals surface area contributed by atoms with Gasteiger partial charge in [0, 0.05) is 45.6 Å². The van der Waals surface area contributed by atoms with E-state index in [1.54, 1.807) is 0 Å². The fraction of sp³-hybridized carbons (Fsp3) is 0.471. The molecule has 1 aliphatic rings. The van der Waals surface area contributed by atoms with Crippen molar-refractivity contribution in [1.82, 2.24) is 19.8 Å². The predicted octanol–water partition coefficient (Wildman–Crippen LogP) is 1.97. The Morgan fingerprint density at radius 3 is 2.82 bits per heavy atom. The molecular formula is C17H24N4O. The van der Waals surface area contributed by atoms with Gasteiger partial charge in [-0.1, -0.05) is 12.1 Å². The van der Waals surface area contributed by atoms with Crippen LogP contribution in [0.15, 0.2) is 36.7 Å². The van der Waals surface area contributed by atoms with Gasteiger partial charge in [-0.3, -0.25) is 4.90 Å². The van der Waals surface area contributed by atoms with E-state index < -0.39 is 0 Å². The summed E-state index contributed by atoms with van der Waals surface area (Å²) in [7, 11) is 2.06. The molecule has 3 rings (SSSR count). The first kappa shape index (κ1) is 15.1. The molecule has 22 heavy (non-hydrogen) atoms. The molecule has 0 spiro atoms. The number of aryl methyl sites for hydroxylation is 1. The summed E-state index contributed by atoms with van der Waals surface area (Å²) in [4.78, 5) is 7.03. The first-order valence-corrected chi connectivity index (χ1v) is 7.91. The van der Waals surface area contributed by atoms with Crippen LogP contribution in [-0.4, -0.2) is 40.7 Å². The SMILES string of the molecule is CCOc1ccc(CN2CCNCC2c2nccn2C)cc1. The largest absolute Gasteiger partial charge is 0.494 e. The molecule has 0 radical (unpaired) electrons. The summed E-state index contributed by atoms with van der Waals surface area (Å²) in [6.45, 7) is 6.65. The number of ether oxygens (including phenoxy) is 1. The van der Waals surface area contributed by atoms with Crippen LogP contribution in [0.4, 0.5) is 0 Å². The lowest BCUT2D eigenvalue weighted by Crippen LogP contribution is -2.46. The van der Waals surface area contributed by atoms with Gasteiger partial charge in [0.25, 0.3) is 0 Å². The maximum Gasteiger partial charge on any atom is 0.127 e. The lowest BCUT2D eigenvalue weighted by molar-refractivity contribution is 0.144. The molecule has 1 saturated heterocycles. The van der Waals surface area contributed by atoms with E-state index in [1.165, 1.54) is 5.56 Å². The van der Waals surface area contributed by atoms with Crippen LogP contribution in [0.3, 0.4) is 0 Å². The van der Waals surface area contributed by atoms with E-state index in [0.717, 1.165) is 37.8 Å². The van der Waals surface area contributed by atoms with Crippen molar-refractivity contribution in [2.24, 2.45) is 7.05 Å². The zero-order chi connectivity index (χ0) is 15.4. The van der Waals surface area contributed by atoms with Crippen LogP contribution in [0.25, 0.3) is 0 Å². The molecule has 0 bridgehead atoms. The number of benzene rings is 1. The fourth-order valence-electron chi connectivity index (χ4n) is 2.98. The van der Waals surface area contributed by atoms with E-state index in [9.17, 15) is 0 Å². The quantitative estimate of drug-likeness (QED) is 0.917. The summed E-state index contributed by atoms with van der Waals surface area (Å²) >= 11 is 0. The minimum Gasteiger partial charge on any atom is -0.494 e. The van der Waals surface area contributed by atoms with Gasteiger partial charge in [0.15, 0.2) is 0 Å². The first-order valence-electron chi connectivity index (χ1n) is 7.91. The van der Waals surface area contributed by atoms with Gasteiger partial charge in [-0.15, -0.1) is 0 Å². The molecule has 2 heterocycles. The van der Waals surface area contributed by atoms with Gasteiger partial charge in [-0.2, -0.15) is 0 Å². The second-order valence-electron chi connectivity index (χ2n) is 5.66. The molecule has 1 unspecified atom stereocenters. The molecule has 5 nitrogen and oxygen atoms in total. The van der Waals surface area contributed by atoms with Crippen LogP contribution in [0.2, 0.25) is 0 Å². The summed E-state index contributed by atoms with van der Waals surface area (Å²) in [5, 5.41) is 3.48. The highest BCUT2D eigenvalue weighted by atomic mass is 16.5. The van der Waals surface area contributed by atoms with Crippen LogP contribution in [-0.2, 0) is 13.6 Å². The number of nitrogens with zero attached hydrogens (tertiary/aromatic N) is 3. The number of imidazole rings is 1. The highest BCUT2D eigenvalue weighted by Gasteiger charge is 2.26. The van der Waals surface area contributed by atoms with Gasteiger partial charge in [-0.05, 0) is 24.6 Å². The van der Waals surface area contributed by atoms with Crippen LogP contribution in [0, 0.1) is 0 Å². The number of hydrogen-bond acceptors (Lipinski definition) is 4. The smallest absolute Gasteiger partial charge is 0.127 e. The fourth-order valence-corrected chi connectivity index (χ4v) is 2.98. The van der Waals surface area contributed by atoms with E-state index in [2.05, 4.69) is 51.1 Å². The number of nitrogens with one attached hydrogen (secondary N) is 1. The average Bonchev–Trinajstić information content (AvgIpc) is 2.96. The topological polar surface area (TPSA) is 42.3 Å². The minimum absolute atomic E-state index is 0.320. The summed E-state index contributed by atoms with van der Waals surface area (Å²) in [5.74, 6) is 2.06. The van der Waals surface area contributed by atoms with E-state index in [1.807, 2.05) is 19.3 Å². The zero-order valence-electron chi connectivity index (χ0n) is 13.3. The highest BCUT2D eigenvalue weighted by molar-refractivity contribution is 5.27. The van der Waals surface area contributed by atoms with Crippen molar-refractivity contribution in [2.75, 3.05) is 26.2 Å². The van der Waals surface area contributed by atoms with Crippen LogP contribution in [0.5, 0.6) is 5.75 Å². The molecule has 5 heteroatoms. The van der Waals surface area contributed by atoms with E-state index >= 15 is 0 Å². The minimum atomic E-state index is 0.320. The lowest BCUT2D eigenvalue weighted by atomic mass is 10.1. The Morgan fingerprint density at radius 2 is 2.14 bits per heavy atom. The molecule has 0 saturated carbocycles. The maximum atomic E-state index is 5.51. The summed E-state index contributed by atoms with van der Waals surface area (Å²) < 4.78 is 7.62. The standard InChI is InChI=1S/C17H24N4O/c1-3-22-15-6-4-14(5-7-15)13-21-11-8-18-12-16(21)17-19-9-10-20(17)2/h4-7,9-10,16,18H,3,8,11-13H2,1-2H3. The highest BCUT2D eigenvalue weighted by Crippen LogP contribution is 2.23. The second-order valence-corrected chi connectivity index (χ2v) is 5.66. The summed E-state index contributed by atoms with van der Waals surface area (Å²) in [6.07, 6.45) is 3.89. The molecule has 1 fully saturated rings. The molecule has 0 aliphatic carbocycles. The van der Waals surface area contributed by atoms with Gasteiger partial charge in [0.1, 0.15) is 11.6 Å². The van der Waals surface area contributed by atoms with E-state index in [4.69, 9.17) is 4.74 Å². The number of rotatable bonds is 5. The molecule has 1 aromatic heterocycles. The Kier molecular flexibility index (Phi) is 4.75. The third kappa shape index (κ3) is 3.31. The van der Waals surface area contributed by atoms with Crippen molar-refractivity contribution in [3.63, 3.8) is 0 Å². The first-order chi connectivity index (χ1) is 10.8. The molecule has 1 aliphatic heterocycles. The Morgan fingerprint density at radius 1 is 1.32 bits per heavy atom. The van der Waals surface area contributed by atoms with Gasteiger partial charge >= 0.3 is 0 Å². The maximum absolute atomic E-state index is 5.51. The molecule has 1 atom stereocenters. The summed E-state index contributed by atoms with van der Waals surface area (Å²) in [5.41, 5.74) is 1.31. The van der Waals surface area contributed by atoms with Crippen molar-refractivity contribution in [3.05, 3.63) is 48.0 Å². The molecule has 1 aromatic carbocycles. The van der Waals surface area contributed by atoms with Crippen molar-refractivity contribution >= 4 is 0 Å². The Balaban J connectivity index is 1.72. The van der Waals surface area contributed by atoms with Crippen molar-refractivity contribution in [2.45, 2.75) is 19.5 Å². The van der Waals surface area contributed by atoms with Crippen LogP contribution >= 0.6 is 0 Å². The number of piperazine rings is 1. The van der Waals surface area contributed by atoms with Crippen molar-refractivity contribution in [3.8, 4) is 5.75 Å². The van der Waals surface area contributed by atoms with E-state index in [0.29, 0.717) is 12.6 Å². The summed E-state index contributed by atoms with van der Waals surface area (Å²) in [6, 6.07) is 8.74. The number of aromatic nitrogens is 2. The third-order valence-corrected chi connectivity index (χ3v) is 4.13. The molecule has 2 aromatic rings. The van der Waals surface area contributed by atoms with Gasteiger partial charge < -0.3 is 14.6 Å². The van der Waals surface area contributed by atoms with Crippen molar-refractivity contribution in [1.29, 1.82) is 0 Å².